The number of pyridine rings is 1. The molecule has 168 valence electrons. The average molecular weight is 435 g/mol. The Morgan fingerprint density at radius 3 is 2.78 bits per heavy atom. The molecule has 1 atom stereocenters. The van der Waals surface area contributed by atoms with Gasteiger partial charge in [-0.3, -0.25) is 4.79 Å². The van der Waals surface area contributed by atoms with Gasteiger partial charge in [-0.15, -0.1) is 0 Å². The predicted octanol–water partition coefficient (Wildman–Crippen LogP) is 4.02. The second kappa shape index (κ2) is 8.95. The molecule has 0 spiro atoms. The standard InChI is InChI=1S/C25H30N4O3/c1-17-14-28(9-10-29(17)25(30)19-7-11-31-15-19)24-21(13-26)20-8-12-32-16-22(20)23(27-24)18-5-3-2-4-6-18/h7,11,15,17-18H,2-6,8-10,12,14,16H2,1H3/t17-/m1/s1. The van der Waals surface area contributed by atoms with Crippen molar-refractivity contribution in [1.29, 1.82) is 5.26 Å². The minimum atomic E-state index is -0.00940. The molecule has 2 aromatic heterocycles. The molecular weight excluding hydrogens is 404 g/mol. The first-order valence-corrected chi connectivity index (χ1v) is 11.8. The van der Waals surface area contributed by atoms with Gasteiger partial charge in [-0.25, -0.2) is 4.98 Å². The van der Waals surface area contributed by atoms with Crippen molar-refractivity contribution in [1.82, 2.24) is 9.88 Å². The molecule has 0 aromatic carbocycles. The van der Waals surface area contributed by atoms with E-state index in [1.807, 2.05) is 4.90 Å². The van der Waals surface area contributed by atoms with Crippen molar-refractivity contribution in [2.24, 2.45) is 0 Å². The zero-order valence-corrected chi connectivity index (χ0v) is 18.7. The molecule has 1 aliphatic carbocycles. The highest BCUT2D eigenvalue weighted by Gasteiger charge is 2.33. The number of nitriles is 1. The Hall–Kier alpha value is -2.85. The number of furan rings is 1. The van der Waals surface area contributed by atoms with Crippen LogP contribution in [0.15, 0.2) is 23.0 Å². The second-order valence-electron chi connectivity index (χ2n) is 9.21. The first-order chi connectivity index (χ1) is 15.7. The molecule has 0 bridgehead atoms. The van der Waals surface area contributed by atoms with Gasteiger partial charge >= 0.3 is 0 Å². The number of hydrogen-bond acceptors (Lipinski definition) is 6. The SMILES string of the molecule is C[C@@H]1CN(c2nc(C3CCCCC3)c3c(c2C#N)CCOC3)CCN1C(=O)c1ccoc1. The van der Waals surface area contributed by atoms with E-state index in [0.717, 1.165) is 41.9 Å². The Balaban J connectivity index is 1.46. The number of ether oxygens (including phenoxy) is 1. The van der Waals surface area contributed by atoms with Crippen LogP contribution in [0.4, 0.5) is 5.82 Å². The highest BCUT2D eigenvalue weighted by atomic mass is 16.5. The second-order valence-corrected chi connectivity index (χ2v) is 9.21. The van der Waals surface area contributed by atoms with Crippen molar-refractivity contribution in [3.8, 4) is 6.07 Å². The molecule has 0 N–H and O–H groups in total. The Morgan fingerprint density at radius 1 is 1.22 bits per heavy atom. The number of hydrogen-bond donors (Lipinski definition) is 0. The number of amides is 1. The minimum Gasteiger partial charge on any atom is -0.472 e. The van der Waals surface area contributed by atoms with Gasteiger partial charge in [0.2, 0.25) is 0 Å². The van der Waals surface area contributed by atoms with Gasteiger partial charge in [0.15, 0.2) is 0 Å². The molecule has 1 saturated carbocycles. The van der Waals surface area contributed by atoms with Crippen LogP contribution in [0.5, 0.6) is 0 Å². The number of carbonyl (C=O) groups excluding carboxylic acids is 1. The lowest BCUT2D eigenvalue weighted by Crippen LogP contribution is -2.54. The van der Waals surface area contributed by atoms with E-state index in [-0.39, 0.29) is 11.9 Å². The largest absolute Gasteiger partial charge is 0.472 e. The summed E-state index contributed by atoms with van der Waals surface area (Å²) >= 11 is 0. The summed E-state index contributed by atoms with van der Waals surface area (Å²) in [6, 6.07) is 4.19. The molecule has 2 aliphatic heterocycles. The molecular formula is C25H30N4O3. The third-order valence-corrected chi connectivity index (χ3v) is 7.23. The molecule has 7 heteroatoms. The number of carbonyl (C=O) groups is 1. The van der Waals surface area contributed by atoms with Crippen LogP contribution in [0.1, 0.15) is 77.7 Å². The number of piperazine rings is 1. The van der Waals surface area contributed by atoms with E-state index < -0.39 is 0 Å². The monoisotopic (exact) mass is 434 g/mol. The van der Waals surface area contributed by atoms with Crippen molar-refractivity contribution in [3.63, 3.8) is 0 Å². The fourth-order valence-electron chi connectivity index (χ4n) is 5.53. The minimum absolute atomic E-state index is 0.00940. The summed E-state index contributed by atoms with van der Waals surface area (Å²) in [5.74, 6) is 1.24. The third-order valence-electron chi connectivity index (χ3n) is 7.23. The Kier molecular flexibility index (Phi) is 5.88. The van der Waals surface area contributed by atoms with Crippen molar-refractivity contribution in [3.05, 3.63) is 46.5 Å². The van der Waals surface area contributed by atoms with Gasteiger partial charge in [-0.2, -0.15) is 5.26 Å². The fourth-order valence-corrected chi connectivity index (χ4v) is 5.53. The van der Waals surface area contributed by atoms with E-state index in [1.165, 1.54) is 31.8 Å². The smallest absolute Gasteiger partial charge is 0.257 e. The van der Waals surface area contributed by atoms with Crippen LogP contribution >= 0.6 is 0 Å². The van der Waals surface area contributed by atoms with E-state index in [0.29, 0.717) is 49.9 Å². The van der Waals surface area contributed by atoms with Gasteiger partial charge in [-0.1, -0.05) is 19.3 Å². The number of nitrogens with zero attached hydrogens (tertiary/aromatic N) is 4. The molecule has 2 fully saturated rings. The lowest BCUT2D eigenvalue weighted by Gasteiger charge is -2.41. The summed E-state index contributed by atoms with van der Waals surface area (Å²) in [6.07, 6.45) is 9.89. The van der Waals surface area contributed by atoms with Crippen LogP contribution < -0.4 is 4.90 Å². The van der Waals surface area contributed by atoms with Crippen LogP contribution in [0, 0.1) is 11.3 Å². The number of anilines is 1. The third kappa shape index (κ3) is 3.77. The summed E-state index contributed by atoms with van der Waals surface area (Å²) in [5, 5.41) is 10.1. The normalized spacial score (nSPS) is 21.8. The molecule has 3 aliphatic rings. The van der Waals surface area contributed by atoms with Gasteiger partial charge in [0.25, 0.3) is 5.91 Å². The maximum absolute atomic E-state index is 12.9. The maximum Gasteiger partial charge on any atom is 0.257 e. The molecule has 2 aromatic rings. The average Bonchev–Trinajstić information content (AvgIpc) is 3.38. The van der Waals surface area contributed by atoms with Crippen LogP contribution in [-0.2, 0) is 17.8 Å². The van der Waals surface area contributed by atoms with Crippen molar-refractivity contribution in [2.75, 3.05) is 31.1 Å². The lowest BCUT2D eigenvalue weighted by molar-refractivity contribution is 0.0672. The Morgan fingerprint density at radius 2 is 2.06 bits per heavy atom. The van der Waals surface area contributed by atoms with Gasteiger partial charge in [0.05, 0.1) is 36.3 Å². The van der Waals surface area contributed by atoms with E-state index in [2.05, 4.69) is 17.9 Å². The number of aromatic nitrogens is 1. The van der Waals surface area contributed by atoms with E-state index in [1.54, 1.807) is 6.07 Å². The highest BCUT2D eigenvalue weighted by molar-refractivity contribution is 5.94. The van der Waals surface area contributed by atoms with Crippen LogP contribution in [0.2, 0.25) is 0 Å². The quantitative estimate of drug-likeness (QED) is 0.726. The molecule has 7 nitrogen and oxygen atoms in total. The Bertz CT molecular complexity index is 1020. The zero-order valence-electron chi connectivity index (χ0n) is 18.7. The molecule has 1 saturated heterocycles. The van der Waals surface area contributed by atoms with E-state index in [4.69, 9.17) is 14.1 Å². The summed E-state index contributed by atoms with van der Waals surface area (Å²) in [4.78, 5) is 22.1. The van der Waals surface area contributed by atoms with Gasteiger partial charge in [0.1, 0.15) is 18.2 Å². The number of rotatable bonds is 3. The molecule has 1 amide bonds. The van der Waals surface area contributed by atoms with Crippen LogP contribution in [0.25, 0.3) is 0 Å². The first kappa shape index (κ1) is 21.0. The maximum atomic E-state index is 12.9. The molecule has 0 unspecified atom stereocenters. The first-order valence-electron chi connectivity index (χ1n) is 11.8. The van der Waals surface area contributed by atoms with E-state index >= 15 is 0 Å². The molecule has 32 heavy (non-hydrogen) atoms. The Labute approximate surface area is 189 Å². The van der Waals surface area contributed by atoms with Crippen molar-refractivity contribution < 1.29 is 13.9 Å². The lowest BCUT2D eigenvalue weighted by atomic mass is 9.82. The van der Waals surface area contributed by atoms with Crippen molar-refractivity contribution in [2.45, 2.75) is 64.0 Å². The topological polar surface area (TPSA) is 82.6 Å². The van der Waals surface area contributed by atoms with E-state index in [9.17, 15) is 10.1 Å². The van der Waals surface area contributed by atoms with Crippen LogP contribution in [0.3, 0.4) is 0 Å². The van der Waals surface area contributed by atoms with Gasteiger partial charge in [-0.05, 0) is 37.8 Å². The summed E-state index contributed by atoms with van der Waals surface area (Å²) in [6.45, 7) is 5.19. The highest BCUT2D eigenvalue weighted by Crippen LogP contribution is 2.39. The van der Waals surface area contributed by atoms with Crippen LogP contribution in [-0.4, -0.2) is 48.1 Å². The molecule has 0 radical (unpaired) electrons. The summed E-state index contributed by atoms with van der Waals surface area (Å²) < 4.78 is 10.9. The number of fused-ring (bicyclic) bond motifs is 1. The van der Waals surface area contributed by atoms with Gasteiger partial charge in [0, 0.05) is 37.2 Å². The fraction of sp³-hybridized carbons (Fsp3) is 0.560. The molecule has 5 rings (SSSR count). The summed E-state index contributed by atoms with van der Waals surface area (Å²) in [7, 11) is 0. The zero-order chi connectivity index (χ0) is 22.1. The van der Waals surface area contributed by atoms with Gasteiger partial charge < -0.3 is 19.0 Å². The molecule has 4 heterocycles. The predicted molar refractivity (Wildman–Crippen MR) is 120 cm³/mol. The summed E-state index contributed by atoms with van der Waals surface area (Å²) in [5.41, 5.74) is 4.72. The van der Waals surface area contributed by atoms with Crippen molar-refractivity contribution >= 4 is 11.7 Å².